The van der Waals surface area contributed by atoms with Gasteiger partial charge < -0.3 is 4.74 Å². The topological polar surface area (TPSA) is 60.4 Å². The molecule has 8 heteroatoms. The van der Waals surface area contributed by atoms with E-state index in [9.17, 15) is 13.2 Å². The molecule has 0 saturated heterocycles. The van der Waals surface area contributed by atoms with Gasteiger partial charge >= 0.3 is 5.97 Å². The maximum absolute atomic E-state index is 11.6. The predicted octanol–water partition coefficient (Wildman–Crippen LogP) is 3.27. The molecular weight excluding hydrogens is 319 g/mol. The third-order valence-corrected chi connectivity index (χ3v) is 5.09. The lowest BCUT2D eigenvalue weighted by atomic mass is 10.2. The smallest absolute Gasteiger partial charge is 0.349 e. The molecule has 0 aliphatic carbocycles. The molecule has 2 rings (SSSR count). The molecular formula is C10H6Cl2O4S2. The van der Waals surface area contributed by atoms with Gasteiger partial charge in [-0.05, 0) is 12.1 Å². The maximum atomic E-state index is 11.6. The first-order valence-electron chi connectivity index (χ1n) is 4.59. The summed E-state index contributed by atoms with van der Waals surface area (Å²) in [6.45, 7) is 0. The third-order valence-electron chi connectivity index (χ3n) is 2.22. The summed E-state index contributed by atoms with van der Waals surface area (Å²) < 4.78 is 28.2. The molecule has 0 fully saturated rings. The number of methoxy groups -OCH3 is 1. The molecule has 0 unspecified atom stereocenters. The lowest BCUT2D eigenvalue weighted by Gasteiger charge is -1.98. The van der Waals surface area contributed by atoms with E-state index in [0.29, 0.717) is 15.1 Å². The third kappa shape index (κ3) is 2.33. The van der Waals surface area contributed by atoms with Crippen molar-refractivity contribution >= 4 is 58.7 Å². The molecule has 0 bridgehead atoms. The predicted molar refractivity (Wildman–Crippen MR) is 71.2 cm³/mol. The molecule has 0 aliphatic heterocycles. The minimum Gasteiger partial charge on any atom is -0.465 e. The lowest BCUT2D eigenvalue weighted by Crippen LogP contribution is -2.03. The highest BCUT2D eigenvalue weighted by atomic mass is 35.7. The first-order valence-corrected chi connectivity index (χ1v) is 8.10. The van der Waals surface area contributed by atoms with Crippen molar-refractivity contribution in [2.24, 2.45) is 0 Å². The second-order valence-electron chi connectivity index (χ2n) is 3.33. The number of esters is 1. The number of halogens is 2. The van der Waals surface area contributed by atoms with Gasteiger partial charge in [-0.25, -0.2) is 13.2 Å². The van der Waals surface area contributed by atoms with Gasteiger partial charge in [0.2, 0.25) is 0 Å². The average molecular weight is 325 g/mol. The summed E-state index contributed by atoms with van der Waals surface area (Å²) in [5.74, 6) is -0.744. The molecule has 96 valence electrons. The monoisotopic (exact) mass is 324 g/mol. The summed E-state index contributed by atoms with van der Waals surface area (Å²) in [4.78, 5) is 11.3. The highest BCUT2D eigenvalue weighted by Crippen LogP contribution is 2.38. The number of hydrogen-bond donors (Lipinski definition) is 0. The van der Waals surface area contributed by atoms with Crippen LogP contribution in [0.1, 0.15) is 9.67 Å². The fraction of sp³-hybridized carbons (Fsp3) is 0.100. The van der Waals surface area contributed by atoms with Crippen LogP contribution < -0.4 is 0 Å². The first-order chi connectivity index (χ1) is 8.34. The molecule has 18 heavy (non-hydrogen) atoms. The Hall–Kier alpha value is -0.820. The zero-order chi connectivity index (χ0) is 13.5. The Morgan fingerprint density at radius 1 is 1.39 bits per heavy atom. The van der Waals surface area contributed by atoms with Gasteiger partial charge in [0.25, 0.3) is 9.05 Å². The van der Waals surface area contributed by atoms with Crippen LogP contribution in [0, 0.1) is 0 Å². The van der Waals surface area contributed by atoms with Gasteiger partial charge in [0.1, 0.15) is 9.77 Å². The number of thiophene rings is 1. The standard InChI is InChI=1S/C10H6Cl2O4S2/c1-16-10(13)8-9(18(12,14)15)6-3-2-5(11)4-7(6)17-8/h2-4H,1H3. The van der Waals surface area contributed by atoms with Gasteiger partial charge in [0.15, 0.2) is 0 Å². The van der Waals surface area contributed by atoms with Crippen molar-refractivity contribution in [3.63, 3.8) is 0 Å². The second kappa shape index (κ2) is 4.70. The maximum Gasteiger partial charge on any atom is 0.349 e. The number of carbonyl (C=O) groups is 1. The first kappa shape index (κ1) is 13.6. The van der Waals surface area contributed by atoms with Gasteiger partial charge in [-0.15, -0.1) is 11.3 Å². The zero-order valence-electron chi connectivity index (χ0n) is 8.94. The molecule has 0 N–H and O–H groups in total. The second-order valence-corrected chi connectivity index (χ2v) is 7.32. The molecule has 0 spiro atoms. The largest absolute Gasteiger partial charge is 0.465 e. The summed E-state index contributed by atoms with van der Waals surface area (Å²) in [6.07, 6.45) is 0. The van der Waals surface area contributed by atoms with Crippen molar-refractivity contribution in [1.29, 1.82) is 0 Å². The Morgan fingerprint density at radius 3 is 2.61 bits per heavy atom. The zero-order valence-corrected chi connectivity index (χ0v) is 12.1. The van der Waals surface area contributed by atoms with Gasteiger partial charge in [-0.3, -0.25) is 0 Å². The van der Waals surface area contributed by atoms with Gasteiger partial charge in [-0.2, -0.15) is 0 Å². The summed E-state index contributed by atoms with van der Waals surface area (Å²) >= 11 is 6.79. The van der Waals surface area contributed by atoms with Crippen LogP contribution in [0.15, 0.2) is 23.1 Å². The van der Waals surface area contributed by atoms with E-state index in [0.717, 1.165) is 11.3 Å². The van der Waals surface area contributed by atoms with Crippen LogP contribution in [0.5, 0.6) is 0 Å². The van der Waals surface area contributed by atoms with Crippen LogP contribution in [0.4, 0.5) is 0 Å². The van der Waals surface area contributed by atoms with Crippen molar-refractivity contribution in [3.8, 4) is 0 Å². The molecule has 1 aromatic carbocycles. The molecule has 2 aromatic rings. The molecule has 0 aliphatic rings. The number of ether oxygens (including phenoxy) is 1. The molecule has 4 nitrogen and oxygen atoms in total. The average Bonchev–Trinajstić information content (AvgIpc) is 2.65. The molecule has 1 aromatic heterocycles. The number of carbonyl (C=O) groups excluding carboxylic acids is 1. The molecule has 0 amide bonds. The Morgan fingerprint density at radius 2 is 2.06 bits per heavy atom. The molecule has 0 radical (unpaired) electrons. The van der Waals surface area contributed by atoms with Gasteiger partial charge in [0.05, 0.1) is 7.11 Å². The number of benzene rings is 1. The quantitative estimate of drug-likeness (QED) is 0.628. The van der Waals surface area contributed by atoms with Gasteiger partial charge in [0, 0.05) is 25.8 Å². The fourth-order valence-electron chi connectivity index (χ4n) is 1.52. The summed E-state index contributed by atoms with van der Waals surface area (Å²) in [7, 11) is 2.49. The summed E-state index contributed by atoms with van der Waals surface area (Å²) in [5, 5.41) is 0.804. The van der Waals surface area contributed by atoms with E-state index in [1.807, 2.05) is 0 Å². The summed E-state index contributed by atoms with van der Waals surface area (Å²) in [5.41, 5.74) is 0. The minimum atomic E-state index is -4.05. The van der Waals surface area contributed by atoms with E-state index in [1.54, 1.807) is 6.07 Å². The SMILES string of the molecule is COC(=O)c1sc2cc(Cl)ccc2c1S(=O)(=O)Cl. The van der Waals surface area contributed by atoms with Crippen LogP contribution in [0.2, 0.25) is 5.02 Å². The highest BCUT2D eigenvalue weighted by Gasteiger charge is 2.27. The summed E-state index contributed by atoms with van der Waals surface area (Å²) in [6, 6.07) is 4.61. The Bertz CT molecular complexity index is 734. The Kier molecular flexibility index (Phi) is 3.55. The van der Waals surface area contributed by atoms with Crippen molar-refractivity contribution in [2.45, 2.75) is 4.90 Å². The van der Waals surface area contributed by atoms with Crippen molar-refractivity contribution in [2.75, 3.05) is 7.11 Å². The van der Waals surface area contributed by atoms with Crippen LogP contribution in [0.3, 0.4) is 0 Å². The van der Waals surface area contributed by atoms with Crippen molar-refractivity contribution in [3.05, 3.63) is 28.1 Å². The highest BCUT2D eigenvalue weighted by molar-refractivity contribution is 8.14. The van der Waals surface area contributed by atoms with E-state index < -0.39 is 15.0 Å². The van der Waals surface area contributed by atoms with Crippen LogP contribution in [-0.2, 0) is 13.8 Å². The van der Waals surface area contributed by atoms with Crippen LogP contribution in [-0.4, -0.2) is 21.5 Å². The Balaban J connectivity index is 2.89. The normalized spacial score (nSPS) is 11.7. The van der Waals surface area contributed by atoms with Crippen LogP contribution >= 0.6 is 33.6 Å². The molecule has 0 saturated carbocycles. The van der Waals surface area contributed by atoms with Crippen molar-refractivity contribution in [1.82, 2.24) is 0 Å². The number of fused-ring (bicyclic) bond motifs is 1. The van der Waals surface area contributed by atoms with Gasteiger partial charge in [-0.1, -0.05) is 17.7 Å². The van der Waals surface area contributed by atoms with E-state index in [4.69, 9.17) is 22.3 Å². The van der Waals surface area contributed by atoms with E-state index in [1.165, 1.54) is 19.2 Å². The molecule has 1 heterocycles. The van der Waals surface area contributed by atoms with Crippen LogP contribution in [0.25, 0.3) is 10.1 Å². The van der Waals surface area contributed by atoms with E-state index >= 15 is 0 Å². The van der Waals surface area contributed by atoms with E-state index in [2.05, 4.69) is 4.74 Å². The fourth-order valence-corrected chi connectivity index (χ4v) is 4.69. The van der Waals surface area contributed by atoms with Crippen molar-refractivity contribution < 1.29 is 17.9 Å². The minimum absolute atomic E-state index is 0.0511. The lowest BCUT2D eigenvalue weighted by molar-refractivity contribution is 0.0602. The number of rotatable bonds is 2. The molecule has 0 atom stereocenters. The number of hydrogen-bond acceptors (Lipinski definition) is 5. The van der Waals surface area contributed by atoms with E-state index in [-0.39, 0.29) is 9.77 Å². The Labute approximate surface area is 116 Å².